The summed E-state index contributed by atoms with van der Waals surface area (Å²) in [6, 6.07) is 3.85. The van der Waals surface area contributed by atoms with Crippen LogP contribution in [0.2, 0.25) is 0 Å². The molecular weight excluding hydrogens is 431 g/mol. The molecule has 2 aliphatic heterocycles. The highest BCUT2D eigenvalue weighted by atomic mass is 127. The van der Waals surface area contributed by atoms with Crippen LogP contribution in [-0.2, 0) is 11.3 Å². The Morgan fingerprint density at radius 2 is 2.00 bits per heavy atom. The van der Waals surface area contributed by atoms with Crippen LogP contribution < -0.4 is 10.6 Å². The molecule has 0 bridgehead atoms. The molecule has 0 saturated carbocycles. The topological polar surface area (TPSA) is 62.0 Å². The molecule has 6 nitrogen and oxygen atoms in total. The van der Waals surface area contributed by atoms with E-state index >= 15 is 0 Å². The second kappa shape index (κ2) is 10.4. The predicted octanol–water partition coefficient (Wildman–Crippen LogP) is 2.60. The van der Waals surface area contributed by atoms with Crippen molar-refractivity contribution in [2.45, 2.75) is 44.7 Å². The molecule has 25 heavy (non-hydrogen) atoms. The van der Waals surface area contributed by atoms with Crippen molar-refractivity contribution in [3.63, 3.8) is 0 Å². The van der Waals surface area contributed by atoms with Crippen LogP contribution in [0.3, 0.4) is 0 Å². The molecule has 2 fully saturated rings. The number of likely N-dealkylation sites (tertiary alicyclic amines) is 1. The average molecular weight is 462 g/mol. The van der Waals surface area contributed by atoms with E-state index in [1.165, 1.54) is 25.9 Å². The minimum Gasteiger partial charge on any atom is -0.467 e. The zero-order valence-electron chi connectivity index (χ0n) is 15.1. The number of nitrogens with zero attached hydrogens (tertiary/aromatic N) is 2. The summed E-state index contributed by atoms with van der Waals surface area (Å²) < 4.78 is 11.0. The second-order valence-corrected chi connectivity index (χ2v) is 6.66. The molecule has 2 N–H and O–H groups in total. The highest BCUT2D eigenvalue weighted by molar-refractivity contribution is 14.0. The zero-order valence-corrected chi connectivity index (χ0v) is 17.5. The van der Waals surface area contributed by atoms with E-state index in [1.54, 1.807) is 6.26 Å². The van der Waals surface area contributed by atoms with Gasteiger partial charge in [-0.25, -0.2) is 4.99 Å². The van der Waals surface area contributed by atoms with E-state index in [0.29, 0.717) is 6.54 Å². The Kier molecular flexibility index (Phi) is 8.51. The number of halogens is 1. The molecule has 0 amide bonds. The largest absolute Gasteiger partial charge is 0.467 e. The molecule has 0 aliphatic carbocycles. The normalized spacial score (nSPS) is 20.9. The molecule has 0 radical (unpaired) electrons. The lowest BCUT2D eigenvalue weighted by molar-refractivity contribution is -0.0164. The first-order valence-electron chi connectivity index (χ1n) is 9.20. The first-order chi connectivity index (χ1) is 11.8. The summed E-state index contributed by atoms with van der Waals surface area (Å²) in [5.41, 5.74) is 0.204. The fourth-order valence-electron chi connectivity index (χ4n) is 3.70. The van der Waals surface area contributed by atoms with Gasteiger partial charge in [0.1, 0.15) is 12.3 Å². The number of guanidine groups is 1. The van der Waals surface area contributed by atoms with Gasteiger partial charge in [-0.2, -0.15) is 0 Å². The molecule has 3 rings (SSSR count). The molecule has 0 atom stereocenters. The standard InChI is InChI=1S/C18H30N4O2.HI/c1-2-19-17(20-14-16-6-5-11-24-16)21-15-18(7-12-23-13-8-18)22-9-3-4-10-22;/h5-6,11H,2-4,7-10,12-15H2,1H3,(H2,19,20,21);1H. The quantitative estimate of drug-likeness (QED) is 0.387. The van der Waals surface area contributed by atoms with Crippen molar-refractivity contribution in [3.8, 4) is 0 Å². The van der Waals surface area contributed by atoms with Crippen LogP contribution in [0.5, 0.6) is 0 Å². The molecule has 0 aromatic carbocycles. The Hall–Kier alpha value is -0.800. The van der Waals surface area contributed by atoms with Gasteiger partial charge < -0.3 is 19.8 Å². The molecule has 2 saturated heterocycles. The third-order valence-corrected chi connectivity index (χ3v) is 5.10. The zero-order chi connectivity index (χ0) is 16.7. The summed E-state index contributed by atoms with van der Waals surface area (Å²) in [5, 5.41) is 6.91. The fourth-order valence-corrected chi connectivity index (χ4v) is 3.70. The first kappa shape index (κ1) is 20.5. The molecule has 3 heterocycles. The van der Waals surface area contributed by atoms with Crippen LogP contribution in [0, 0.1) is 0 Å². The minimum atomic E-state index is 0. The van der Waals surface area contributed by atoms with Gasteiger partial charge in [-0.1, -0.05) is 0 Å². The lowest BCUT2D eigenvalue weighted by Gasteiger charge is -2.45. The van der Waals surface area contributed by atoms with Gasteiger partial charge in [-0.05, 0) is 57.8 Å². The maximum Gasteiger partial charge on any atom is 0.191 e. The molecule has 142 valence electrons. The Morgan fingerprint density at radius 3 is 2.64 bits per heavy atom. The molecule has 7 heteroatoms. The van der Waals surface area contributed by atoms with Gasteiger partial charge in [-0.15, -0.1) is 24.0 Å². The third kappa shape index (κ3) is 5.59. The monoisotopic (exact) mass is 462 g/mol. The SMILES string of the molecule is CCNC(=NCc1ccco1)NCC1(N2CCCC2)CCOCC1.I. The van der Waals surface area contributed by atoms with Crippen molar-refractivity contribution in [2.24, 2.45) is 4.99 Å². The third-order valence-electron chi connectivity index (χ3n) is 5.10. The highest BCUT2D eigenvalue weighted by Gasteiger charge is 2.39. The number of ether oxygens (including phenoxy) is 1. The first-order valence-corrected chi connectivity index (χ1v) is 9.20. The van der Waals surface area contributed by atoms with Crippen molar-refractivity contribution >= 4 is 29.9 Å². The summed E-state index contributed by atoms with van der Waals surface area (Å²) >= 11 is 0. The van der Waals surface area contributed by atoms with Gasteiger partial charge in [0.15, 0.2) is 5.96 Å². The molecule has 0 unspecified atom stereocenters. The summed E-state index contributed by atoms with van der Waals surface area (Å²) in [6.07, 6.45) is 6.51. The van der Waals surface area contributed by atoms with Gasteiger partial charge >= 0.3 is 0 Å². The Morgan fingerprint density at radius 1 is 1.24 bits per heavy atom. The highest BCUT2D eigenvalue weighted by Crippen LogP contribution is 2.30. The van der Waals surface area contributed by atoms with E-state index in [4.69, 9.17) is 9.15 Å². The van der Waals surface area contributed by atoms with Crippen molar-refractivity contribution in [3.05, 3.63) is 24.2 Å². The van der Waals surface area contributed by atoms with Crippen LogP contribution in [0.25, 0.3) is 0 Å². The Bertz CT molecular complexity index is 509. The van der Waals surface area contributed by atoms with Crippen molar-refractivity contribution in [1.29, 1.82) is 0 Å². The lowest BCUT2D eigenvalue weighted by atomic mass is 9.88. The molecule has 1 aromatic heterocycles. The number of aliphatic imine (C=N–C) groups is 1. The number of hydrogen-bond acceptors (Lipinski definition) is 4. The van der Waals surface area contributed by atoms with Crippen LogP contribution in [0.1, 0.15) is 38.4 Å². The number of hydrogen-bond donors (Lipinski definition) is 2. The molecule has 0 spiro atoms. The van der Waals surface area contributed by atoms with Gasteiger partial charge in [-0.3, -0.25) is 4.90 Å². The summed E-state index contributed by atoms with van der Waals surface area (Å²) in [6.45, 7) is 8.56. The van der Waals surface area contributed by atoms with Crippen LogP contribution >= 0.6 is 24.0 Å². The van der Waals surface area contributed by atoms with Crippen molar-refractivity contribution in [1.82, 2.24) is 15.5 Å². The molecule has 1 aromatic rings. The minimum absolute atomic E-state index is 0. The summed E-state index contributed by atoms with van der Waals surface area (Å²) in [4.78, 5) is 7.31. The van der Waals surface area contributed by atoms with Crippen LogP contribution in [0.15, 0.2) is 27.8 Å². The van der Waals surface area contributed by atoms with E-state index in [0.717, 1.165) is 50.9 Å². The van der Waals surface area contributed by atoms with E-state index in [9.17, 15) is 0 Å². The smallest absolute Gasteiger partial charge is 0.191 e. The maximum atomic E-state index is 5.62. The number of furan rings is 1. The van der Waals surface area contributed by atoms with Crippen LogP contribution in [0.4, 0.5) is 0 Å². The van der Waals surface area contributed by atoms with Crippen LogP contribution in [-0.4, -0.2) is 55.8 Å². The van der Waals surface area contributed by atoms with Gasteiger partial charge in [0.25, 0.3) is 0 Å². The molecular formula is C18H31IN4O2. The average Bonchev–Trinajstić information content (AvgIpc) is 3.32. The van der Waals surface area contributed by atoms with Gasteiger partial charge in [0.05, 0.1) is 6.26 Å². The van der Waals surface area contributed by atoms with Crippen molar-refractivity contribution in [2.75, 3.05) is 39.4 Å². The van der Waals surface area contributed by atoms with Gasteiger partial charge in [0.2, 0.25) is 0 Å². The number of nitrogens with one attached hydrogen (secondary N) is 2. The van der Waals surface area contributed by atoms with Gasteiger partial charge in [0, 0.05) is 31.8 Å². The second-order valence-electron chi connectivity index (χ2n) is 6.66. The fraction of sp³-hybridized carbons (Fsp3) is 0.722. The predicted molar refractivity (Wildman–Crippen MR) is 111 cm³/mol. The van der Waals surface area contributed by atoms with Crippen molar-refractivity contribution < 1.29 is 9.15 Å². The van der Waals surface area contributed by atoms with E-state index in [-0.39, 0.29) is 29.5 Å². The summed E-state index contributed by atoms with van der Waals surface area (Å²) in [5.74, 6) is 1.74. The van der Waals surface area contributed by atoms with E-state index in [2.05, 4.69) is 27.4 Å². The Balaban J connectivity index is 0.00000225. The maximum absolute atomic E-state index is 5.62. The molecule has 2 aliphatic rings. The number of rotatable bonds is 6. The Labute approximate surface area is 167 Å². The lowest BCUT2D eigenvalue weighted by Crippen LogP contribution is -2.58. The summed E-state index contributed by atoms with van der Waals surface area (Å²) in [7, 11) is 0. The van der Waals surface area contributed by atoms with E-state index in [1.807, 2.05) is 12.1 Å². The van der Waals surface area contributed by atoms with E-state index < -0.39 is 0 Å².